The van der Waals surface area contributed by atoms with Gasteiger partial charge in [0.15, 0.2) is 0 Å². The van der Waals surface area contributed by atoms with Gasteiger partial charge in [0.05, 0.1) is 7.11 Å². The fourth-order valence-electron chi connectivity index (χ4n) is 2.44. The van der Waals surface area contributed by atoms with E-state index in [9.17, 15) is 13.6 Å². The van der Waals surface area contributed by atoms with Crippen LogP contribution in [0.3, 0.4) is 0 Å². The molecule has 23 heavy (non-hydrogen) atoms. The molecule has 0 saturated heterocycles. The van der Waals surface area contributed by atoms with Crippen LogP contribution >= 0.6 is 0 Å². The molecule has 0 unspecified atom stereocenters. The number of benzene rings is 1. The molecule has 1 aromatic carbocycles. The molecular formula is C15H14F2N4O2. The predicted molar refractivity (Wildman–Crippen MR) is 77.6 cm³/mol. The molecule has 1 aliphatic carbocycles. The zero-order valence-electron chi connectivity index (χ0n) is 12.2. The van der Waals surface area contributed by atoms with Gasteiger partial charge in [-0.25, -0.2) is 18.7 Å². The monoisotopic (exact) mass is 320 g/mol. The van der Waals surface area contributed by atoms with Crippen molar-refractivity contribution < 1.29 is 18.3 Å². The van der Waals surface area contributed by atoms with Crippen LogP contribution in [0.25, 0.3) is 0 Å². The minimum Gasteiger partial charge on any atom is -0.478 e. The van der Waals surface area contributed by atoms with Gasteiger partial charge in [-0.05, 0) is 18.6 Å². The maximum atomic E-state index is 13.7. The Morgan fingerprint density at radius 2 is 1.96 bits per heavy atom. The third-order valence-corrected chi connectivity index (χ3v) is 3.66. The lowest BCUT2D eigenvalue weighted by atomic mass is 10.1. The van der Waals surface area contributed by atoms with E-state index in [4.69, 9.17) is 4.74 Å². The third-order valence-electron chi connectivity index (χ3n) is 3.66. The Bertz CT molecular complexity index is 721. The molecule has 1 saturated carbocycles. The molecule has 1 fully saturated rings. The lowest BCUT2D eigenvalue weighted by Crippen LogP contribution is -2.31. The summed E-state index contributed by atoms with van der Waals surface area (Å²) in [4.78, 5) is 20.0. The minimum absolute atomic E-state index is 0.0373. The van der Waals surface area contributed by atoms with Gasteiger partial charge in [0.1, 0.15) is 11.6 Å². The average molecular weight is 320 g/mol. The maximum Gasteiger partial charge on any atom is 0.258 e. The average Bonchev–Trinajstić information content (AvgIpc) is 3.33. The summed E-state index contributed by atoms with van der Waals surface area (Å²) in [5, 5.41) is 0. The molecule has 1 heterocycles. The highest BCUT2D eigenvalue weighted by Gasteiger charge is 2.46. The summed E-state index contributed by atoms with van der Waals surface area (Å²) in [6, 6.07) is 3.68. The summed E-state index contributed by atoms with van der Waals surface area (Å²) in [7, 11) is 1.43. The van der Waals surface area contributed by atoms with Crippen molar-refractivity contribution in [2.24, 2.45) is 5.92 Å². The second-order valence-corrected chi connectivity index (χ2v) is 5.11. The number of nitrogens with zero attached hydrogens (tertiary/aromatic N) is 2. The van der Waals surface area contributed by atoms with Gasteiger partial charge in [-0.1, -0.05) is 6.07 Å². The lowest BCUT2D eigenvalue weighted by molar-refractivity contribution is -0.121. The van der Waals surface area contributed by atoms with Crippen molar-refractivity contribution in [2.45, 2.75) is 12.3 Å². The number of methoxy groups -OCH3 is 1. The summed E-state index contributed by atoms with van der Waals surface area (Å²) in [6.07, 6.45) is 3.28. The number of hydrogen-bond acceptors (Lipinski definition) is 5. The zero-order chi connectivity index (χ0) is 16.4. The second-order valence-electron chi connectivity index (χ2n) is 5.11. The minimum atomic E-state index is -0.631. The number of aromatic nitrogens is 2. The topological polar surface area (TPSA) is 76.1 Å². The van der Waals surface area contributed by atoms with E-state index in [1.165, 1.54) is 37.7 Å². The number of carbonyl (C=O) groups is 1. The molecule has 3 rings (SSSR count). The van der Waals surface area contributed by atoms with Gasteiger partial charge in [-0.15, -0.1) is 0 Å². The van der Waals surface area contributed by atoms with Crippen LogP contribution < -0.4 is 15.6 Å². The maximum absolute atomic E-state index is 13.7. The number of ether oxygens (including phenoxy) is 1. The molecule has 0 spiro atoms. The summed E-state index contributed by atoms with van der Waals surface area (Å²) in [5.41, 5.74) is 5.02. The first-order chi connectivity index (χ1) is 11.1. The van der Waals surface area contributed by atoms with Crippen LogP contribution in [0.4, 0.5) is 14.6 Å². The Kier molecular flexibility index (Phi) is 4.05. The van der Waals surface area contributed by atoms with Crippen molar-refractivity contribution in [3.8, 4) is 5.88 Å². The smallest absolute Gasteiger partial charge is 0.258 e. The number of nitrogens with one attached hydrogen (secondary N) is 2. The Morgan fingerprint density at radius 1 is 1.26 bits per heavy atom. The van der Waals surface area contributed by atoms with Gasteiger partial charge in [0, 0.05) is 29.8 Å². The summed E-state index contributed by atoms with van der Waals surface area (Å²) >= 11 is 0. The van der Waals surface area contributed by atoms with Crippen LogP contribution in [-0.2, 0) is 4.79 Å². The van der Waals surface area contributed by atoms with Crippen molar-refractivity contribution in [1.82, 2.24) is 15.4 Å². The van der Waals surface area contributed by atoms with Crippen LogP contribution in [0.1, 0.15) is 17.9 Å². The van der Waals surface area contributed by atoms with E-state index in [1.807, 2.05) is 0 Å². The molecule has 1 aliphatic rings. The molecule has 8 heteroatoms. The summed E-state index contributed by atoms with van der Waals surface area (Å²) in [5.74, 6) is -2.11. The number of amides is 1. The molecule has 6 nitrogen and oxygen atoms in total. The summed E-state index contributed by atoms with van der Waals surface area (Å²) < 4.78 is 32.4. The van der Waals surface area contributed by atoms with Gasteiger partial charge in [0.2, 0.25) is 11.7 Å². The molecular weight excluding hydrogens is 306 g/mol. The number of rotatable bonds is 5. The van der Waals surface area contributed by atoms with E-state index in [1.54, 1.807) is 0 Å². The van der Waals surface area contributed by atoms with Gasteiger partial charge >= 0.3 is 0 Å². The predicted octanol–water partition coefficient (Wildman–Crippen LogP) is 2.01. The molecule has 1 amide bonds. The van der Waals surface area contributed by atoms with E-state index in [0.29, 0.717) is 6.42 Å². The van der Waals surface area contributed by atoms with Crippen molar-refractivity contribution in [1.29, 1.82) is 0 Å². The number of halogens is 2. The van der Waals surface area contributed by atoms with Crippen molar-refractivity contribution >= 4 is 11.7 Å². The molecule has 2 atom stereocenters. The zero-order valence-corrected chi connectivity index (χ0v) is 12.2. The van der Waals surface area contributed by atoms with Gasteiger partial charge in [-0.3, -0.25) is 15.6 Å². The molecule has 0 radical (unpaired) electrons. The van der Waals surface area contributed by atoms with Crippen LogP contribution in [0.5, 0.6) is 5.88 Å². The Balaban J connectivity index is 1.63. The van der Waals surface area contributed by atoms with Gasteiger partial charge in [-0.2, -0.15) is 0 Å². The van der Waals surface area contributed by atoms with Gasteiger partial charge < -0.3 is 4.74 Å². The molecule has 2 aromatic rings. The number of anilines is 1. The fourth-order valence-corrected chi connectivity index (χ4v) is 2.44. The quantitative estimate of drug-likeness (QED) is 0.824. The Hall–Kier alpha value is -2.77. The Labute approximate surface area is 130 Å². The second kappa shape index (κ2) is 6.15. The van der Waals surface area contributed by atoms with Crippen LogP contribution in [0, 0.1) is 17.6 Å². The number of carbonyl (C=O) groups excluding carboxylic acids is 1. The van der Waals surface area contributed by atoms with E-state index >= 15 is 0 Å². The van der Waals surface area contributed by atoms with Crippen molar-refractivity contribution in [3.05, 3.63) is 47.8 Å². The van der Waals surface area contributed by atoms with Crippen molar-refractivity contribution in [2.75, 3.05) is 12.5 Å². The first kappa shape index (κ1) is 15.1. The van der Waals surface area contributed by atoms with Crippen molar-refractivity contribution in [3.63, 3.8) is 0 Å². The highest BCUT2D eigenvalue weighted by atomic mass is 19.1. The SMILES string of the molecule is COc1nccnc1NNC(=O)[C@H]1C[C@@H]1c1c(F)cccc1F. The first-order valence-electron chi connectivity index (χ1n) is 6.96. The Morgan fingerprint density at radius 3 is 2.65 bits per heavy atom. The molecule has 1 aromatic heterocycles. The van der Waals surface area contributed by atoms with Crippen LogP contribution in [0.2, 0.25) is 0 Å². The molecule has 0 aliphatic heterocycles. The van der Waals surface area contributed by atoms with E-state index in [2.05, 4.69) is 20.8 Å². The summed E-state index contributed by atoms with van der Waals surface area (Å²) in [6.45, 7) is 0. The van der Waals surface area contributed by atoms with E-state index < -0.39 is 23.5 Å². The van der Waals surface area contributed by atoms with E-state index in [0.717, 1.165) is 0 Å². The molecule has 0 bridgehead atoms. The van der Waals surface area contributed by atoms with Crippen LogP contribution in [0.15, 0.2) is 30.6 Å². The molecule has 2 N–H and O–H groups in total. The van der Waals surface area contributed by atoms with Gasteiger partial charge in [0.25, 0.3) is 5.88 Å². The number of hydrazine groups is 1. The highest BCUT2D eigenvalue weighted by molar-refractivity contribution is 5.84. The van der Waals surface area contributed by atoms with E-state index in [-0.39, 0.29) is 23.2 Å². The highest BCUT2D eigenvalue weighted by Crippen LogP contribution is 2.49. The standard InChI is InChI=1S/C15H14F2N4O2/c1-23-15-13(18-5-6-19-15)20-21-14(22)9-7-8(9)12-10(16)3-2-4-11(12)17/h2-6,8-9H,7H2,1H3,(H,18,20)(H,21,22)/t8-,9-/m0/s1. The fraction of sp³-hybridized carbons (Fsp3) is 0.267. The number of hydrogen-bond donors (Lipinski definition) is 2. The largest absolute Gasteiger partial charge is 0.478 e. The van der Waals surface area contributed by atoms with Crippen LogP contribution in [-0.4, -0.2) is 23.0 Å². The first-order valence-corrected chi connectivity index (χ1v) is 6.96. The third kappa shape index (κ3) is 3.05. The normalized spacial score (nSPS) is 19.1. The lowest BCUT2D eigenvalue weighted by Gasteiger charge is -2.10. The molecule has 120 valence electrons.